The number of hydrogen-bond donors (Lipinski definition) is 4. The van der Waals surface area contributed by atoms with Crippen LogP contribution in [0, 0.1) is 13.8 Å². The number of pyridine rings is 4. The Bertz CT molecular complexity index is 3050. The zero-order valence-corrected chi connectivity index (χ0v) is 41.3. The van der Waals surface area contributed by atoms with Crippen LogP contribution >= 0.6 is 0 Å². The molecule has 4 aromatic heterocycles. The van der Waals surface area contributed by atoms with Crippen molar-refractivity contribution < 1.29 is 46.2 Å². The highest BCUT2D eigenvalue weighted by atomic mass is 32.2. The Morgan fingerprint density at radius 2 is 0.957 bits per heavy atom. The van der Waals surface area contributed by atoms with Gasteiger partial charge in [-0.3, -0.25) is 29.1 Å². The maximum Gasteiger partial charge on any atom is 0.229 e. The molecular formula is C52H54N6O10S2. The van der Waals surface area contributed by atoms with E-state index in [1.165, 1.54) is 36.4 Å². The number of aromatic hydroxyl groups is 2. The summed E-state index contributed by atoms with van der Waals surface area (Å²) in [6.45, 7) is 10.3. The summed E-state index contributed by atoms with van der Waals surface area (Å²) in [5.41, 5.74) is 3.69. The Balaban J connectivity index is 0.000000206. The van der Waals surface area contributed by atoms with Gasteiger partial charge in [0.2, 0.25) is 11.8 Å². The number of anilines is 2. The number of amides is 2. The van der Waals surface area contributed by atoms with Crippen molar-refractivity contribution >= 4 is 54.7 Å². The van der Waals surface area contributed by atoms with Crippen LogP contribution in [-0.2, 0) is 65.8 Å². The van der Waals surface area contributed by atoms with Gasteiger partial charge < -0.3 is 20.8 Å². The molecule has 6 aromatic rings. The first-order valence-electron chi connectivity index (χ1n) is 22.7. The lowest BCUT2D eigenvalue weighted by atomic mass is 9.69. The Morgan fingerprint density at radius 1 is 0.600 bits per heavy atom. The fourth-order valence-corrected chi connectivity index (χ4v) is 10.7. The van der Waals surface area contributed by atoms with Crippen LogP contribution < -0.4 is 10.6 Å². The summed E-state index contributed by atoms with van der Waals surface area (Å²) in [5.74, 6) is -0.190. The number of fused-ring (bicyclic) bond motifs is 2. The Morgan fingerprint density at radius 3 is 1.29 bits per heavy atom. The minimum Gasteiger partial charge on any atom is -0.506 e. The molecule has 2 unspecified atom stereocenters. The number of carbonyl (C=O) groups is 4. The van der Waals surface area contributed by atoms with Crippen molar-refractivity contribution in [2.24, 2.45) is 0 Å². The van der Waals surface area contributed by atoms with Crippen LogP contribution in [0.15, 0.2) is 107 Å². The van der Waals surface area contributed by atoms with Gasteiger partial charge in [-0.05, 0) is 136 Å². The van der Waals surface area contributed by atoms with E-state index in [1.807, 2.05) is 0 Å². The van der Waals surface area contributed by atoms with Gasteiger partial charge in [-0.1, -0.05) is 38.1 Å². The van der Waals surface area contributed by atoms with E-state index in [2.05, 4.69) is 30.6 Å². The van der Waals surface area contributed by atoms with E-state index in [-0.39, 0.29) is 69.0 Å². The van der Waals surface area contributed by atoms with E-state index in [0.717, 1.165) is 0 Å². The van der Waals surface area contributed by atoms with E-state index in [9.17, 15) is 46.2 Å². The second-order valence-corrected chi connectivity index (χ2v) is 22.5. The van der Waals surface area contributed by atoms with E-state index in [1.54, 1.807) is 102 Å². The molecule has 70 heavy (non-hydrogen) atoms. The zero-order chi connectivity index (χ0) is 50.8. The summed E-state index contributed by atoms with van der Waals surface area (Å²) in [5, 5.41) is 26.1. The highest BCUT2D eigenvalue weighted by Crippen LogP contribution is 2.43. The predicted octanol–water partition coefficient (Wildman–Crippen LogP) is 7.10. The summed E-state index contributed by atoms with van der Waals surface area (Å²) in [4.78, 5) is 70.3. The molecule has 0 radical (unpaired) electrons. The van der Waals surface area contributed by atoms with Crippen LogP contribution in [0.3, 0.4) is 0 Å². The minimum absolute atomic E-state index is 0.0124. The molecule has 0 aliphatic heterocycles. The number of ketones is 2. The van der Waals surface area contributed by atoms with E-state index < -0.39 is 30.5 Å². The van der Waals surface area contributed by atoms with Crippen LogP contribution in [-0.4, -0.2) is 81.9 Å². The molecule has 2 amide bonds. The number of benzene rings is 2. The molecule has 0 saturated heterocycles. The predicted molar refractivity (Wildman–Crippen MR) is 263 cm³/mol. The third-order valence-corrected chi connectivity index (χ3v) is 16.5. The first kappa shape index (κ1) is 50.7. The Labute approximate surface area is 406 Å². The molecule has 2 aliphatic rings. The fourth-order valence-electron chi connectivity index (χ4n) is 8.91. The van der Waals surface area contributed by atoms with Gasteiger partial charge in [0.25, 0.3) is 0 Å². The quantitative estimate of drug-likeness (QED) is 0.0954. The third-order valence-electron chi connectivity index (χ3n) is 13.0. The molecule has 0 bridgehead atoms. The monoisotopic (exact) mass is 986 g/mol. The molecule has 8 rings (SSSR count). The van der Waals surface area contributed by atoms with Crippen LogP contribution in [0.5, 0.6) is 11.5 Å². The molecule has 4 N–H and O–H groups in total. The highest BCUT2D eigenvalue weighted by molar-refractivity contribution is 7.91. The normalized spacial score (nSPS) is 17.6. The van der Waals surface area contributed by atoms with Crippen LogP contribution in [0.1, 0.15) is 106 Å². The molecule has 0 fully saturated rings. The van der Waals surface area contributed by atoms with Crippen molar-refractivity contribution in [3.05, 3.63) is 153 Å². The number of aryl methyl sites for hydroxylation is 4. The number of aromatic nitrogens is 4. The lowest BCUT2D eigenvalue weighted by Gasteiger charge is -2.33. The van der Waals surface area contributed by atoms with Crippen molar-refractivity contribution in [3.8, 4) is 11.5 Å². The van der Waals surface area contributed by atoms with Crippen molar-refractivity contribution in [2.45, 2.75) is 101 Å². The topological polar surface area (TPSA) is 253 Å². The lowest BCUT2D eigenvalue weighted by molar-refractivity contribution is -0.116. The van der Waals surface area contributed by atoms with E-state index >= 15 is 0 Å². The molecular weight excluding hydrogens is 933 g/mol. The molecule has 18 heteroatoms. The Kier molecular flexibility index (Phi) is 14.5. The van der Waals surface area contributed by atoms with Gasteiger partial charge in [-0.15, -0.1) is 0 Å². The van der Waals surface area contributed by atoms with Crippen molar-refractivity contribution in [1.82, 2.24) is 19.9 Å². The maximum absolute atomic E-state index is 13.5. The fraction of sp³-hybridized carbons (Fsp3) is 0.308. The SMILES string of the molecule is CCS(=O)(=O)c1ccc(CC(=O)Nc2cc(C)c3c(n2)CCC(C)(c2ncccc2O)C3=O)cc1.CCS(=O)(=O)c1ccc(CC(=O)Nc2cc(C)c3c(n2)CCC(C)(c2ncccc2O)C3=O)cc1. The molecule has 364 valence electrons. The number of sulfone groups is 2. The molecule has 0 saturated carbocycles. The number of hydrogen-bond acceptors (Lipinski definition) is 14. The van der Waals surface area contributed by atoms with E-state index in [4.69, 9.17) is 0 Å². The molecule has 2 atom stereocenters. The molecule has 2 aromatic carbocycles. The van der Waals surface area contributed by atoms with E-state index in [0.29, 0.717) is 93.5 Å². The smallest absolute Gasteiger partial charge is 0.229 e. The average Bonchev–Trinajstić information content (AvgIpc) is 3.32. The van der Waals surface area contributed by atoms with Crippen LogP contribution in [0.4, 0.5) is 11.6 Å². The summed E-state index contributed by atoms with van der Waals surface area (Å²) >= 11 is 0. The average molecular weight is 987 g/mol. The largest absolute Gasteiger partial charge is 0.506 e. The minimum atomic E-state index is -3.29. The van der Waals surface area contributed by atoms with Gasteiger partial charge in [0, 0.05) is 23.5 Å². The van der Waals surface area contributed by atoms with Crippen molar-refractivity contribution in [1.29, 1.82) is 0 Å². The highest BCUT2D eigenvalue weighted by Gasteiger charge is 2.45. The van der Waals surface area contributed by atoms with Gasteiger partial charge in [0.15, 0.2) is 31.2 Å². The molecule has 16 nitrogen and oxygen atoms in total. The number of nitrogens with one attached hydrogen (secondary N) is 2. The van der Waals surface area contributed by atoms with Gasteiger partial charge in [0.05, 0.1) is 67.7 Å². The summed E-state index contributed by atoms with van der Waals surface area (Å²) in [6.07, 6.45) is 5.07. The first-order valence-corrected chi connectivity index (χ1v) is 26.0. The second kappa shape index (κ2) is 20.0. The number of carbonyl (C=O) groups excluding carboxylic acids is 4. The summed E-state index contributed by atoms with van der Waals surface area (Å²) in [7, 11) is -6.59. The van der Waals surface area contributed by atoms with Crippen molar-refractivity contribution in [3.63, 3.8) is 0 Å². The molecule has 4 heterocycles. The summed E-state index contributed by atoms with van der Waals surface area (Å²) in [6, 6.07) is 22.1. The van der Waals surface area contributed by atoms with Gasteiger partial charge >= 0.3 is 0 Å². The number of nitrogens with zero attached hydrogens (tertiary/aromatic N) is 4. The first-order chi connectivity index (χ1) is 33.1. The van der Waals surface area contributed by atoms with Gasteiger partial charge in [0.1, 0.15) is 23.1 Å². The van der Waals surface area contributed by atoms with Gasteiger partial charge in [-0.2, -0.15) is 0 Å². The second-order valence-electron chi connectivity index (χ2n) is 17.9. The Hall–Kier alpha value is -7.18. The third kappa shape index (κ3) is 10.4. The zero-order valence-electron chi connectivity index (χ0n) is 39.7. The standard InChI is InChI=1S/2C26H27N3O5S/c2*1-4-35(33,34)18-9-7-17(8-10-18)15-22(31)29-21-14-16(2)23-19(28-21)11-12-26(3,25(23)32)24-20(30)6-5-13-27-24/h2*5-10,13-14,30H,4,11-12,15H2,1-3H3,(H,28,29,31). The van der Waals surface area contributed by atoms with Crippen LogP contribution in [0.25, 0.3) is 0 Å². The van der Waals surface area contributed by atoms with Crippen molar-refractivity contribution in [2.75, 3.05) is 22.1 Å². The number of rotatable bonds is 12. The van der Waals surface area contributed by atoms with Crippen LogP contribution in [0.2, 0.25) is 0 Å². The molecule has 0 spiro atoms. The maximum atomic E-state index is 13.5. The number of Topliss-reactive ketones (excluding diaryl/α,β-unsaturated/α-hetero) is 2. The molecule has 2 aliphatic carbocycles. The van der Waals surface area contributed by atoms with Gasteiger partial charge in [-0.25, -0.2) is 26.8 Å². The lowest BCUT2D eigenvalue weighted by Crippen LogP contribution is -2.39. The summed E-state index contributed by atoms with van der Waals surface area (Å²) < 4.78 is 47.8.